The third-order valence-electron chi connectivity index (χ3n) is 4.93. The number of hydrogen-bond acceptors (Lipinski definition) is 7. The van der Waals surface area contributed by atoms with Gasteiger partial charge in [-0.25, -0.2) is 27.2 Å². The Balaban J connectivity index is 1.54. The Labute approximate surface area is 181 Å². The maximum absolute atomic E-state index is 14.2. The molecule has 3 heterocycles. The smallest absolute Gasteiger partial charge is 0.236 e. The molecule has 1 fully saturated rings. The molecule has 0 aliphatic heterocycles. The second kappa shape index (κ2) is 7.79. The Morgan fingerprint density at radius 3 is 2.66 bits per heavy atom. The van der Waals surface area contributed by atoms with Gasteiger partial charge in [0.05, 0.1) is 23.7 Å². The van der Waals surface area contributed by atoms with E-state index in [0.29, 0.717) is 29.8 Å². The highest BCUT2D eigenvalue weighted by atomic mass is 32.2. The van der Waals surface area contributed by atoms with Gasteiger partial charge in [-0.2, -0.15) is 5.10 Å². The Morgan fingerprint density at radius 2 is 1.94 bits per heavy atom. The van der Waals surface area contributed by atoms with Crippen LogP contribution in [0.3, 0.4) is 0 Å². The molecular weight excluding hydrogens is 442 g/mol. The number of benzene rings is 1. The van der Waals surface area contributed by atoms with Gasteiger partial charge >= 0.3 is 0 Å². The summed E-state index contributed by atoms with van der Waals surface area (Å²) in [4.78, 5) is 7.97. The molecule has 1 aliphatic rings. The van der Waals surface area contributed by atoms with E-state index in [9.17, 15) is 17.2 Å². The van der Waals surface area contributed by atoms with Crippen molar-refractivity contribution >= 4 is 15.8 Å². The predicted octanol–water partition coefficient (Wildman–Crippen LogP) is 3.23. The molecule has 0 amide bonds. The molecule has 9 nitrogen and oxygen atoms in total. The van der Waals surface area contributed by atoms with E-state index in [1.54, 1.807) is 30.3 Å². The van der Waals surface area contributed by atoms with Crippen LogP contribution in [-0.4, -0.2) is 38.6 Å². The number of anilines is 1. The van der Waals surface area contributed by atoms with E-state index in [-0.39, 0.29) is 18.1 Å². The zero-order valence-electron chi connectivity index (χ0n) is 16.4. The first-order valence-electron chi connectivity index (χ1n) is 9.67. The van der Waals surface area contributed by atoms with Crippen LogP contribution in [0.25, 0.3) is 22.9 Å². The van der Waals surface area contributed by atoms with E-state index < -0.39 is 32.7 Å². The minimum atomic E-state index is -3.72. The van der Waals surface area contributed by atoms with Crippen LogP contribution in [0.5, 0.6) is 0 Å². The lowest BCUT2D eigenvalue weighted by molar-refractivity contribution is 0.421. The minimum Gasteiger partial charge on any atom is -0.364 e. The molecule has 164 valence electrons. The van der Waals surface area contributed by atoms with Gasteiger partial charge in [0.1, 0.15) is 23.5 Å². The summed E-state index contributed by atoms with van der Waals surface area (Å²) in [5.74, 6) is -1.75. The molecule has 1 aliphatic carbocycles. The first kappa shape index (κ1) is 20.2. The van der Waals surface area contributed by atoms with Gasteiger partial charge in [-0.1, -0.05) is 23.4 Å². The highest BCUT2D eigenvalue weighted by Gasteiger charge is 2.36. The summed E-state index contributed by atoms with van der Waals surface area (Å²) in [6.45, 7) is 0.0806. The fraction of sp³-hybridized carbons (Fsp3) is 0.200. The molecule has 32 heavy (non-hydrogen) atoms. The molecule has 1 aromatic carbocycles. The normalized spacial score (nSPS) is 13.9. The second-order valence-corrected chi connectivity index (χ2v) is 9.25. The standard InChI is InChI=1S/C20H16F2N6O3S/c21-14-4-2-1-3-12(14)11-28-18(16-7-8-31-26-16)9-17(25-28)20-23-10-15(22)19(24-20)27-32(29,30)13-5-6-13/h1-4,7-10,13H,5-6,11H2,(H,23,24,27). The van der Waals surface area contributed by atoms with E-state index in [1.165, 1.54) is 17.0 Å². The van der Waals surface area contributed by atoms with E-state index in [0.717, 1.165) is 6.20 Å². The largest absolute Gasteiger partial charge is 0.364 e. The van der Waals surface area contributed by atoms with Gasteiger partial charge < -0.3 is 4.52 Å². The minimum absolute atomic E-state index is 0.00285. The number of sulfonamides is 1. The number of halogens is 2. The molecule has 0 radical (unpaired) electrons. The Morgan fingerprint density at radius 1 is 1.12 bits per heavy atom. The van der Waals surface area contributed by atoms with Gasteiger partial charge in [-0.3, -0.25) is 9.40 Å². The van der Waals surface area contributed by atoms with Crippen LogP contribution in [0.15, 0.2) is 53.4 Å². The van der Waals surface area contributed by atoms with Crippen LogP contribution in [-0.2, 0) is 16.6 Å². The lowest BCUT2D eigenvalue weighted by Gasteiger charge is -2.08. The maximum Gasteiger partial charge on any atom is 0.236 e. The monoisotopic (exact) mass is 458 g/mol. The van der Waals surface area contributed by atoms with Crippen molar-refractivity contribution in [2.24, 2.45) is 0 Å². The first-order valence-corrected chi connectivity index (χ1v) is 11.2. The van der Waals surface area contributed by atoms with Crippen LogP contribution in [0.2, 0.25) is 0 Å². The van der Waals surface area contributed by atoms with Crippen molar-refractivity contribution in [1.29, 1.82) is 0 Å². The molecule has 3 aromatic heterocycles. The second-order valence-electron chi connectivity index (χ2n) is 7.29. The average Bonchev–Trinajstić information content (AvgIpc) is 3.35. The Kier molecular flexibility index (Phi) is 4.93. The molecule has 5 rings (SSSR count). The average molecular weight is 458 g/mol. The molecule has 0 atom stereocenters. The fourth-order valence-electron chi connectivity index (χ4n) is 3.14. The number of rotatable bonds is 7. The summed E-state index contributed by atoms with van der Waals surface area (Å²) < 4.78 is 61.4. The number of nitrogens with zero attached hydrogens (tertiary/aromatic N) is 5. The van der Waals surface area contributed by atoms with Crippen molar-refractivity contribution in [2.75, 3.05) is 4.72 Å². The van der Waals surface area contributed by atoms with Gasteiger partial charge in [0.2, 0.25) is 10.0 Å². The molecule has 0 spiro atoms. The fourth-order valence-corrected chi connectivity index (χ4v) is 4.48. The Bertz CT molecular complexity index is 1380. The van der Waals surface area contributed by atoms with Crippen LogP contribution >= 0.6 is 0 Å². The summed E-state index contributed by atoms with van der Waals surface area (Å²) in [6.07, 6.45) is 3.31. The first-order chi connectivity index (χ1) is 15.4. The molecule has 0 unspecified atom stereocenters. The van der Waals surface area contributed by atoms with Crippen LogP contribution in [0, 0.1) is 11.6 Å². The molecule has 12 heteroatoms. The molecule has 0 saturated heterocycles. The van der Waals surface area contributed by atoms with Gasteiger partial charge in [0.15, 0.2) is 17.5 Å². The number of hydrogen-bond donors (Lipinski definition) is 1. The summed E-state index contributed by atoms with van der Waals surface area (Å²) in [6, 6.07) is 9.46. The quantitative estimate of drug-likeness (QED) is 0.452. The van der Waals surface area contributed by atoms with Crippen molar-refractivity contribution in [3.63, 3.8) is 0 Å². The summed E-state index contributed by atoms with van der Waals surface area (Å²) >= 11 is 0. The number of nitrogens with one attached hydrogen (secondary N) is 1. The molecule has 4 aromatic rings. The molecular formula is C20H16F2N6O3S. The van der Waals surface area contributed by atoms with Gasteiger partial charge in [-0.05, 0) is 25.0 Å². The lowest BCUT2D eigenvalue weighted by atomic mass is 10.2. The third kappa shape index (κ3) is 3.96. The molecule has 0 bridgehead atoms. The highest BCUT2D eigenvalue weighted by Crippen LogP contribution is 2.31. The van der Waals surface area contributed by atoms with Crippen molar-refractivity contribution in [3.8, 4) is 22.9 Å². The Hall–Kier alpha value is -3.67. The van der Waals surface area contributed by atoms with E-state index in [2.05, 4.69) is 24.9 Å². The lowest BCUT2D eigenvalue weighted by Crippen LogP contribution is -2.19. The van der Waals surface area contributed by atoms with Crippen molar-refractivity contribution < 1.29 is 21.7 Å². The van der Waals surface area contributed by atoms with Crippen molar-refractivity contribution in [1.82, 2.24) is 24.9 Å². The topological polar surface area (TPSA) is 116 Å². The summed E-state index contributed by atoms with van der Waals surface area (Å²) in [5.41, 5.74) is 1.55. The SMILES string of the molecule is O=S(=O)(Nc1nc(-c2cc(-c3ccon3)n(Cc3ccccc3F)n2)ncc1F)C1CC1. The molecule has 1 N–H and O–H groups in total. The maximum atomic E-state index is 14.2. The van der Waals surface area contributed by atoms with E-state index in [1.807, 2.05) is 0 Å². The third-order valence-corrected chi connectivity index (χ3v) is 6.76. The van der Waals surface area contributed by atoms with Crippen LogP contribution < -0.4 is 4.72 Å². The summed E-state index contributed by atoms with van der Waals surface area (Å²) in [7, 11) is -3.72. The van der Waals surface area contributed by atoms with Crippen molar-refractivity contribution in [3.05, 3.63) is 66.1 Å². The van der Waals surface area contributed by atoms with Gasteiger partial charge in [0.25, 0.3) is 0 Å². The van der Waals surface area contributed by atoms with Crippen LogP contribution in [0.4, 0.5) is 14.6 Å². The highest BCUT2D eigenvalue weighted by molar-refractivity contribution is 7.93. The predicted molar refractivity (Wildman–Crippen MR) is 110 cm³/mol. The summed E-state index contributed by atoms with van der Waals surface area (Å²) in [5, 5.41) is 7.79. The van der Waals surface area contributed by atoms with Crippen LogP contribution in [0.1, 0.15) is 18.4 Å². The number of aromatic nitrogens is 5. The van der Waals surface area contributed by atoms with Crippen molar-refractivity contribution in [2.45, 2.75) is 24.6 Å². The van der Waals surface area contributed by atoms with Gasteiger partial charge in [0, 0.05) is 11.6 Å². The van der Waals surface area contributed by atoms with E-state index >= 15 is 0 Å². The zero-order valence-corrected chi connectivity index (χ0v) is 17.3. The zero-order chi connectivity index (χ0) is 22.3. The van der Waals surface area contributed by atoms with Gasteiger partial charge in [-0.15, -0.1) is 0 Å². The van der Waals surface area contributed by atoms with E-state index in [4.69, 9.17) is 4.52 Å². The molecule has 1 saturated carbocycles.